The summed E-state index contributed by atoms with van der Waals surface area (Å²) >= 11 is 0. The molecule has 0 saturated heterocycles. The highest BCUT2D eigenvalue weighted by atomic mass is 16.3. The summed E-state index contributed by atoms with van der Waals surface area (Å²) in [5.41, 5.74) is 1.91. The first-order valence-electron chi connectivity index (χ1n) is 10.9. The first-order valence-corrected chi connectivity index (χ1v) is 10.9. The van der Waals surface area contributed by atoms with Crippen molar-refractivity contribution in [3.8, 4) is 11.5 Å². The van der Waals surface area contributed by atoms with Crippen LogP contribution in [0.3, 0.4) is 0 Å². The Morgan fingerprint density at radius 1 is 0.963 bits per heavy atom. The van der Waals surface area contributed by atoms with Crippen LogP contribution in [0.25, 0.3) is 0 Å². The van der Waals surface area contributed by atoms with E-state index in [0.717, 1.165) is 56.3 Å². The highest BCUT2D eigenvalue weighted by Crippen LogP contribution is 2.56. The number of carbonyl (C=O) groups is 1. The SMILES string of the molecule is CC1CC2CC(C)CC(c3cc(O)c(C4CCCC(C=O)C4)c(O)c3)(C1)C2. The van der Waals surface area contributed by atoms with Crippen LogP contribution < -0.4 is 0 Å². The molecule has 2 bridgehead atoms. The van der Waals surface area contributed by atoms with Gasteiger partial charge in [0.05, 0.1) is 0 Å². The number of hydrogen-bond donors (Lipinski definition) is 2. The normalized spacial score (nSPS) is 39.1. The first kappa shape index (κ1) is 18.8. The number of fused-ring (bicyclic) bond motifs is 2. The van der Waals surface area contributed by atoms with Crippen molar-refractivity contribution in [2.45, 2.75) is 83.0 Å². The molecule has 27 heavy (non-hydrogen) atoms. The molecule has 3 nitrogen and oxygen atoms in total. The van der Waals surface area contributed by atoms with Crippen LogP contribution >= 0.6 is 0 Å². The molecule has 4 unspecified atom stereocenters. The van der Waals surface area contributed by atoms with Crippen LogP contribution in [0, 0.1) is 23.7 Å². The number of aromatic hydroxyl groups is 2. The van der Waals surface area contributed by atoms with Crippen LogP contribution in [0.1, 0.15) is 88.7 Å². The lowest BCUT2D eigenvalue weighted by Gasteiger charge is -2.50. The zero-order valence-corrected chi connectivity index (χ0v) is 16.8. The second-order valence-electron chi connectivity index (χ2n) is 10.1. The minimum Gasteiger partial charge on any atom is -0.508 e. The molecule has 0 amide bonds. The number of hydrogen-bond acceptors (Lipinski definition) is 3. The van der Waals surface area contributed by atoms with E-state index in [1.165, 1.54) is 19.3 Å². The third kappa shape index (κ3) is 3.50. The van der Waals surface area contributed by atoms with Crippen LogP contribution in [0.5, 0.6) is 11.5 Å². The van der Waals surface area contributed by atoms with Gasteiger partial charge in [-0.1, -0.05) is 20.3 Å². The third-order valence-corrected chi connectivity index (χ3v) is 7.69. The largest absolute Gasteiger partial charge is 0.508 e. The molecule has 3 aliphatic rings. The zero-order chi connectivity index (χ0) is 19.2. The molecule has 4 atom stereocenters. The van der Waals surface area contributed by atoms with Gasteiger partial charge in [-0.3, -0.25) is 0 Å². The number of phenolic OH excluding ortho intramolecular Hbond substituents is 2. The van der Waals surface area contributed by atoms with Crippen molar-refractivity contribution < 1.29 is 15.0 Å². The van der Waals surface area contributed by atoms with Gasteiger partial charge >= 0.3 is 0 Å². The predicted molar refractivity (Wildman–Crippen MR) is 107 cm³/mol. The van der Waals surface area contributed by atoms with E-state index >= 15 is 0 Å². The maximum Gasteiger partial charge on any atom is 0.123 e. The Labute approximate surface area is 163 Å². The van der Waals surface area contributed by atoms with E-state index in [1.807, 2.05) is 12.1 Å². The van der Waals surface area contributed by atoms with Crippen LogP contribution in [-0.4, -0.2) is 16.5 Å². The smallest absolute Gasteiger partial charge is 0.123 e. The van der Waals surface area contributed by atoms with Crippen molar-refractivity contribution in [2.75, 3.05) is 0 Å². The standard InChI is InChI=1S/C24H34O3/c1-15-6-18-7-16(2)12-24(11-15,13-18)20-9-21(26)23(22(27)10-20)19-5-3-4-17(8-19)14-25/h9-10,14-19,26-27H,3-8,11-13H2,1-2H3. The topological polar surface area (TPSA) is 57.5 Å². The summed E-state index contributed by atoms with van der Waals surface area (Å²) in [7, 11) is 0. The van der Waals surface area contributed by atoms with Crippen molar-refractivity contribution in [1.82, 2.24) is 0 Å². The van der Waals surface area contributed by atoms with Crippen molar-refractivity contribution in [1.29, 1.82) is 0 Å². The van der Waals surface area contributed by atoms with Gasteiger partial charge in [-0.05, 0) is 98.1 Å². The molecule has 0 heterocycles. The van der Waals surface area contributed by atoms with E-state index in [4.69, 9.17) is 0 Å². The molecule has 0 spiro atoms. The second-order valence-corrected chi connectivity index (χ2v) is 10.1. The Morgan fingerprint density at radius 2 is 1.59 bits per heavy atom. The average Bonchev–Trinajstić information content (AvgIpc) is 2.60. The fourth-order valence-electron chi connectivity index (χ4n) is 7.02. The summed E-state index contributed by atoms with van der Waals surface area (Å²) in [5.74, 6) is 2.79. The molecular weight excluding hydrogens is 336 g/mol. The van der Waals surface area contributed by atoms with Gasteiger partial charge in [-0.15, -0.1) is 0 Å². The number of rotatable bonds is 3. The minimum atomic E-state index is 0.0555. The van der Waals surface area contributed by atoms with E-state index in [1.54, 1.807) is 0 Å². The third-order valence-electron chi connectivity index (χ3n) is 7.69. The molecule has 0 aromatic heterocycles. The van der Waals surface area contributed by atoms with Gasteiger partial charge in [0.15, 0.2) is 0 Å². The molecule has 0 aliphatic heterocycles. The van der Waals surface area contributed by atoms with Crippen LogP contribution in [0.2, 0.25) is 0 Å². The lowest BCUT2D eigenvalue weighted by Crippen LogP contribution is -2.42. The van der Waals surface area contributed by atoms with Gasteiger partial charge in [-0.2, -0.15) is 0 Å². The van der Waals surface area contributed by atoms with Gasteiger partial charge in [0.25, 0.3) is 0 Å². The lowest BCUT2D eigenvalue weighted by molar-refractivity contribution is -0.112. The summed E-state index contributed by atoms with van der Waals surface area (Å²) in [4.78, 5) is 11.2. The molecule has 3 saturated carbocycles. The van der Waals surface area contributed by atoms with Crippen LogP contribution in [0.15, 0.2) is 12.1 Å². The van der Waals surface area contributed by atoms with E-state index in [0.29, 0.717) is 17.4 Å². The average molecular weight is 371 g/mol. The number of phenols is 2. The van der Waals surface area contributed by atoms with E-state index in [2.05, 4.69) is 13.8 Å². The highest BCUT2D eigenvalue weighted by molar-refractivity contribution is 5.56. The zero-order valence-electron chi connectivity index (χ0n) is 16.8. The summed E-state index contributed by atoms with van der Waals surface area (Å²) in [6.45, 7) is 4.71. The molecular formula is C24H34O3. The fraction of sp³-hybridized carbons (Fsp3) is 0.708. The summed E-state index contributed by atoms with van der Waals surface area (Å²) in [5, 5.41) is 21.8. The number of benzene rings is 1. The van der Waals surface area contributed by atoms with Gasteiger partial charge in [0.1, 0.15) is 17.8 Å². The Morgan fingerprint density at radius 3 is 2.19 bits per heavy atom. The summed E-state index contributed by atoms with van der Waals surface area (Å²) in [6, 6.07) is 3.90. The van der Waals surface area contributed by atoms with Gasteiger partial charge in [0, 0.05) is 11.5 Å². The maximum atomic E-state index is 11.2. The van der Waals surface area contributed by atoms with Crippen molar-refractivity contribution in [2.24, 2.45) is 23.7 Å². The molecule has 3 aliphatic carbocycles. The van der Waals surface area contributed by atoms with Crippen molar-refractivity contribution in [3.05, 3.63) is 23.3 Å². The second kappa shape index (κ2) is 7.14. The molecule has 2 N–H and O–H groups in total. The molecule has 1 aromatic rings. The first-order chi connectivity index (χ1) is 12.9. The Hall–Kier alpha value is -1.51. The molecule has 0 radical (unpaired) electrons. The monoisotopic (exact) mass is 370 g/mol. The van der Waals surface area contributed by atoms with Gasteiger partial charge in [0.2, 0.25) is 0 Å². The highest BCUT2D eigenvalue weighted by Gasteiger charge is 2.45. The quantitative estimate of drug-likeness (QED) is 0.674. The van der Waals surface area contributed by atoms with Crippen molar-refractivity contribution >= 4 is 6.29 Å². The Balaban J connectivity index is 1.68. The van der Waals surface area contributed by atoms with Crippen LogP contribution in [-0.2, 0) is 10.2 Å². The lowest BCUT2D eigenvalue weighted by atomic mass is 9.54. The molecule has 148 valence electrons. The van der Waals surface area contributed by atoms with Crippen molar-refractivity contribution in [3.63, 3.8) is 0 Å². The number of carbonyl (C=O) groups excluding carboxylic acids is 1. The molecule has 1 aromatic carbocycles. The number of aldehydes is 1. The van der Waals surface area contributed by atoms with E-state index in [9.17, 15) is 15.0 Å². The van der Waals surface area contributed by atoms with Gasteiger partial charge < -0.3 is 15.0 Å². The molecule has 4 rings (SSSR count). The summed E-state index contributed by atoms with van der Waals surface area (Å²) < 4.78 is 0. The van der Waals surface area contributed by atoms with Gasteiger partial charge in [-0.25, -0.2) is 0 Å². The predicted octanol–water partition coefficient (Wildman–Crippen LogP) is 5.67. The van der Waals surface area contributed by atoms with Crippen LogP contribution in [0.4, 0.5) is 0 Å². The molecule has 3 heteroatoms. The fourth-order valence-corrected chi connectivity index (χ4v) is 7.02. The minimum absolute atomic E-state index is 0.0555. The molecule has 3 fully saturated rings. The Kier molecular flexibility index (Phi) is 4.98. The van der Waals surface area contributed by atoms with E-state index in [-0.39, 0.29) is 28.7 Å². The summed E-state index contributed by atoms with van der Waals surface area (Å²) in [6.07, 6.45) is 10.8. The van der Waals surface area contributed by atoms with E-state index < -0.39 is 0 Å². The maximum absolute atomic E-state index is 11.2. The Bertz CT molecular complexity index is 667.